The van der Waals surface area contributed by atoms with Gasteiger partial charge in [-0.3, -0.25) is 9.25 Å². The highest BCUT2D eigenvalue weighted by Crippen LogP contribution is 2.21. The van der Waals surface area contributed by atoms with E-state index in [-0.39, 0.29) is 5.69 Å². The largest absolute Gasteiger partial charge is 0.351 e. The van der Waals surface area contributed by atoms with Gasteiger partial charge in [-0.1, -0.05) is 41.9 Å². The van der Waals surface area contributed by atoms with Crippen LogP contribution in [0.3, 0.4) is 0 Å². The molecule has 5 aromatic rings. The highest BCUT2D eigenvalue weighted by Gasteiger charge is 2.16. The van der Waals surface area contributed by atoms with E-state index in [1.54, 1.807) is 4.57 Å². The number of aryl methyl sites for hydroxylation is 4. The van der Waals surface area contributed by atoms with Crippen molar-refractivity contribution < 1.29 is 0 Å². The monoisotopic (exact) mass is 432 g/mol. The maximum atomic E-state index is 13.4. The predicted octanol–water partition coefficient (Wildman–Crippen LogP) is 3.80. The summed E-state index contributed by atoms with van der Waals surface area (Å²) in [5.74, 6) is 0.616. The van der Waals surface area contributed by atoms with Crippen LogP contribution in [0.25, 0.3) is 16.6 Å². The van der Waals surface area contributed by atoms with Gasteiger partial charge in [0.2, 0.25) is 0 Å². The molecule has 2 aromatic carbocycles. The van der Waals surface area contributed by atoms with E-state index >= 15 is 0 Å². The molecule has 156 valence electrons. The fourth-order valence-corrected chi connectivity index (χ4v) is 4.14. The van der Waals surface area contributed by atoms with Crippen LogP contribution < -0.4 is 5.69 Å². The van der Waals surface area contributed by atoms with E-state index < -0.39 is 0 Å². The SMILES string of the molecule is Cc1cc(C)n(CCc2nc3c4ccccc4n(Cc4ccccc4Cl)c(=O)n3n2)n1. The molecule has 0 aliphatic carbocycles. The van der Waals surface area contributed by atoms with Crippen LogP contribution in [0.5, 0.6) is 0 Å². The van der Waals surface area contributed by atoms with Crippen molar-refractivity contribution in [3.8, 4) is 0 Å². The summed E-state index contributed by atoms with van der Waals surface area (Å²) >= 11 is 6.36. The van der Waals surface area contributed by atoms with Crippen LogP contribution in [-0.2, 0) is 19.5 Å². The molecule has 31 heavy (non-hydrogen) atoms. The fourth-order valence-electron chi connectivity index (χ4n) is 3.94. The minimum Gasteiger partial charge on any atom is -0.287 e. The number of halogens is 1. The fraction of sp³-hybridized carbons (Fsp3) is 0.217. The quantitative estimate of drug-likeness (QED) is 0.423. The van der Waals surface area contributed by atoms with Crippen LogP contribution in [0.1, 0.15) is 22.8 Å². The average Bonchev–Trinajstić information content (AvgIpc) is 3.33. The summed E-state index contributed by atoms with van der Waals surface area (Å²) in [4.78, 5) is 18.1. The Kier molecular flexibility index (Phi) is 4.82. The van der Waals surface area contributed by atoms with E-state index in [2.05, 4.69) is 10.2 Å². The Hall–Kier alpha value is -3.45. The van der Waals surface area contributed by atoms with E-state index in [1.807, 2.05) is 73.1 Å². The molecule has 8 heteroatoms. The second-order valence-corrected chi connectivity index (χ2v) is 8.05. The number of hydrogen-bond donors (Lipinski definition) is 0. The van der Waals surface area contributed by atoms with E-state index in [0.717, 1.165) is 27.9 Å². The standard InChI is InChI=1S/C23H21ClN6O/c1-15-13-16(2)29(26-15)12-11-21-25-22-18-8-4-6-10-20(18)28(23(31)30(22)27-21)14-17-7-3-5-9-19(17)24/h3-10,13H,11-12,14H2,1-2H3. The van der Waals surface area contributed by atoms with Crippen molar-refractivity contribution in [1.29, 1.82) is 0 Å². The zero-order chi connectivity index (χ0) is 21.5. The van der Waals surface area contributed by atoms with Gasteiger partial charge >= 0.3 is 5.69 Å². The first-order chi connectivity index (χ1) is 15.0. The van der Waals surface area contributed by atoms with Crippen LogP contribution in [0.15, 0.2) is 59.4 Å². The van der Waals surface area contributed by atoms with Crippen LogP contribution in [-0.4, -0.2) is 28.9 Å². The number of aromatic nitrogens is 6. The van der Waals surface area contributed by atoms with Gasteiger partial charge in [0, 0.05) is 29.1 Å². The lowest BCUT2D eigenvalue weighted by molar-refractivity contribution is 0.580. The molecule has 0 unspecified atom stereocenters. The van der Waals surface area contributed by atoms with Crippen LogP contribution >= 0.6 is 11.6 Å². The topological polar surface area (TPSA) is 70.0 Å². The molecule has 0 amide bonds. The molecular weight excluding hydrogens is 412 g/mol. The van der Waals surface area contributed by atoms with Gasteiger partial charge in [-0.25, -0.2) is 9.78 Å². The molecule has 0 bridgehead atoms. The molecule has 0 atom stereocenters. The molecule has 0 fully saturated rings. The van der Waals surface area contributed by atoms with E-state index in [1.165, 1.54) is 4.52 Å². The maximum Gasteiger partial charge on any atom is 0.351 e. The van der Waals surface area contributed by atoms with Crippen molar-refractivity contribution >= 4 is 28.2 Å². The molecule has 5 rings (SSSR count). The van der Waals surface area contributed by atoms with Gasteiger partial charge in [-0.15, -0.1) is 5.10 Å². The van der Waals surface area contributed by atoms with Crippen molar-refractivity contribution in [2.45, 2.75) is 33.4 Å². The van der Waals surface area contributed by atoms with Crippen molar-refractivity contribution in [2.24, 2.45) is 0 Å². The first-order valence-corrected chi connectivity index (χ1v) is 10.5. The van der Waals surface area contributed by atoms with Gasteiger partial charge < -0.3 is 0 Å². The number of benzene rings is 2. The van der Waals surface area contributed by atoms with E-state index in [0.29, 0.717) is 36.0 Å². The predicted molar refractivity (Wildman–Crippen MR) is 121 cm³/mol. The number of nitrogens with zero attached hydrogens (tertiary/aromatic N) is 6. The first-order valence-electron chi connectivity index (χ1n) is 10.1. The lowest BCUT2D eigenvalue weighted by atomic mass is 10.2. The molecule has 0 aliphatic rings. The zero-order valence-electron chi connectivity index (χ0n) is 17.3. The van der Waals surface area contributed by atoms with Gasteiger partial charge in [-0.2, -0.15) is 9.61 Å². The summed E-state index contributed by atoms with van der Waals surface area (Å²) in [6.07, 6.45) is 0.585. The van der Waals surface area contributed by atoms with Gasteiger partial charge in [0.15, 0.2) is 11.5 Å². The lowest BCUT2D eigenvalue weighted by Crippen LogP contribution is -2.28. The second-order valence-electron chi connectivity index (χ2n) is 7.64. The molecule has 0 saturated carbocycles. The molecule has 0 spiro atoms. The van der Waals surface area contributed by atoms with Gasteiger partial charge in [0.1, 0.15) is 0 Å². The van der Waals surface area contributed by atoms with Gasteiger partial charge in [-0.05, 0) is 43.7 Å². The van der Waals surface area contributed by atoms with Crippen LogP contribution in [0.4, 0.5) is 0 Å². The summed E-state index contributed by atoms with van der Waals surface area (Å²) in [5, 5.41) is 10.5. The third-order valence-electron chi connectivity index (χ3n) is 5.44. The smallest absolute Gasteiger partial charge is 0.287 e. The molecule has 3 aromatic heterocycles. The molecule has 7 nitrogen and oxygen atoms in total. The summed E-state index contributed by atoms with van der Waals surface area (Å²) in [5.41, 5.74) is 4.08. The van der Waals surface area contributed by atoms with Crippen LogP contribution in [0, 0.1) is 13.8 Å². The molecule has 0 N–H and O–H groups in total. The Balaban J connectivity index is 1.60. The Morgan fingerprint density at radius 1 is 1.00 bits per heavy atom. The van der Waals surface area contributed by atoms with Crippen LogP contribution in [0.2, 0.25) is 5.02 Å². The maximum absolute atomic E-state index is 13.4. The molecule has 0 saturated heterocycles. The Bertz CT molecular complexity index is 1480. The lowest BCUT2D eigenvalue weighted by Gasteiger charge is -2.12. The second kappa shape index (κ2) is 7.67. The summed E-state index contributed by atoms with van der Waals surface area (Å²) < 4.78 is 5.04. The molecule has 3 heterocycles. The first kappa shape index (κ1) is 19.5. The summed E-state index contributed by atoms with van der Waals surface area (Å²) in [7, 11) is 0. The normalized spacial score (nSPS) is 11.6. The number of rotatable bonds is 5. The summed E-state index contributed by atoms with van der Waals surface area (Å²) in [6.45, 7) is 5.01. The third-order valence-corrected chi connectivity index (χ3v) is 5.80. The number of fused-ring (bicyclic) bond motifs is 3. The molecule has 0 radical (unpaired) electrons. The highest BCUT2D eigenvalue weighted by atomic mass is 35.5. The van der Waals surface area contributed by atoms with Gasteiger partial charge in [0.25, 0.3) is 0 Å². The van der Waals surface area contributed by atoms with E-state index in [4.69, 9.17) is 16.6 Å². The Labute approximate surface area is 183 Å². The average molecular weight is 433 g/mol. The highest BCUT2D eigenvalue weighted by molar-refractivity contribution is 6.31. The minimum absolute atomic E-state index is 0.238. The van der Waals surface area contributed by atoms with Crippen molar-refractivity contribution in [1.82, 2.24) is 28.9 Å². The Morgan fingerprint density at radius 2 is 1.77 bits per heavy atom. The van der Waals surface area contributed by atoms with Crippen molar-refractivity contribution in [2.75, 3.05) is 0 Å². The zero-order valence-corrected chi connectivity index (χ0v) is 18.0. The van der Waals surface area contributed by atoms with Crippen molar-refractivity contribution in [3.05, 3.63) is 92.9 Å². The summed E-state index contributed by atoms with van der Waals surface area (Å²) in [6, 6.07) is 17.3. The minimum atomic E-state index is -0.238. The molecular formula is C23H21ClN6O. The Morgan fingerprint density at radius 3 is 2.55 bits per heavy atom. The van der Waals surface area contributed by atoms with Crippen molar-refractivity contribution in [3.63, 3.8) is 0 Å². The number of hydrogen-bond acceptors (Lipinski definition) is 4. The molecule has 0 aliphatic heterocycles. The third kappa shape index (κ3) is 3.51. The van der Waals surface area contributed by atoms with Gasteiger partial charge in [0.05, 0.1) is 17.8 Å². The van der Waals surface area contributed by atoms with E-state index in [9.17, 15) is 4.79 Å². The number of para-hydroxylation sites is 1.